The lowest BCUT2D eigenvalue weighted by Crippen LogP contribution is -2.05. The zero-order chi connectivity index (χ0) is 23.5. The standard InChI is InChI=1S/C26H26N4O3/c1-5-32-23(31)9-7-18-6-8-22(17(4)12-18)25-28-26(33-29-25)20-13-19-10-11-30(16(2)3)24(19)21(14-20)15-27/h6,8,10-14,16H,5,7,9H2,1-4H3. The van der Waals surface area contributed by atoms with Gasteiger partial charge < -0.3 is 13.8 Å². The molecule has 0 fully saturated rings. The highest BCUT2D eigenvalue weighted by atomic mass is 16.5. The lowest BCUT2D eigenvalue weighted by atomic mass is 10.0. The minimum atomic E-state index is -0.195. The fourth-order valence-electron chi connectivity index (χ4n) is 4.01. The Morgan fingerprint density at radius 1 is 1.24 bits per heavy atom. The van der Waals surface area contributed by atoms with E-state index in [0.29, 0.717) is 42.3 Å². The summed E-state index contributed by atoms with van der Waals surface area (Å²) >= 11 is 0. The van der Waals surface area contributed by atoms with Crippen molar-refractivity contribution >= 4 is 16.9 Å². The zero-order valence-corrected chi connectivity index (χ0v) is 19.3. The number of hydrogen-bond acceptors (Lipinski definition) is 6. The molecule has 0 amide bonds. The molecule has 2 aromatic heterocycles. The van der Waals surface area contributed by atoms with Crippen LogP contribution in [0.1, 0.15) is 49.9 Å². The van der Waals surface area contributed by atoms with Gasteiger partial charge in [0.1, 0.15) is 6.07 Å². The van der Waals surface area contributed by atoms with Crippen molar-refractivity contribution in [2.75, 3.05) is 6.61 Å². The number of hydrogen-bond donors (Lipinski definition) is 0. The van der Waals surface area contributed by atoms with Gasteiger partial charge >= 0.3 is 5.97 Å². The van der Waals surface area contributed by atoms with E-state index in [9.17, 15) is 10.1 Å². The summed E-state index contributed by atoms with van der Waals surface area (Å²) in [7, 11) is 0. The SMILES string of the molecule is CCOC(=O)CCc1ccc(-c2noc(-c3cc(C#N)c4c(ccn4C(C)C)c3)n2)c(C)c1. The molecule has 0 saturated heterocycles. The van der Waals surface area contributed by atoms with Crippen LogP contribution in [0.2, 0.25) is 0 Å². The highest BCUT2D eigenvalue weighted by molar-refractivity contribution is 5.89. The molecule has 4 aromatic rings. The van der Waals surface area contributed by atoms with Crippen LogP contribution in [0.25, 0.3) is 33.7 Å². The molecule has 2 aromatic carbocycles. The highest BCUT2D eigenvalue weighted by Crippen LogP contribution is 2.31. The van der Waals surface area contributed by atoms with Crippen molar-refractivity contribution in [3.8, 4) is 28.9 Å². The van der Waals surface area contributed by atoms with Crippen molar-refractivity contribution in [3.05, 3.63) is 59.3 Å². The molecule has 168 valence electrons. The maximum atomic E-state index is 11.6. The number of carbonyl (C=O) groups excluding carboxylic acids is 1. The number of ether oxygens (including phenoxy) is 1. The van der Waals surface area contributed by atoms with E-state index in [1.165, 1.54) is 0 Å². The molecule has 0 radical (unpaired) electrons. The molecule has 2 heterocycles. The Labute approximate surface area is 192 Å². The van der Waals surface area contributed by atoms with E-state index in [0.717, 1.165) is 27.6 Å². The minimum Gasteiger partial charge on any atom is -0.466 e. The van der Waals surface area contributed by atoms with Crippen molar-refractivity contribution < 1.29 is 14.1 Å². The summed E-state index contributed by atoms with van der Waals surface area (Å²) in [5.74, 6) is 0.656. The molecule has 0 spiro atoms. The second-order valence-corrected chi connectivity index (χ2v) is 8.27. The molecule has 7 nitrogen and oxygen atoms in total. The number of rotatable bonds is 7. The van der Waals surface area contributed by atoms with E-state index in [1.807, 2.05) is 43.5 Å². The number of carbonyl (C=O) groups is 1. The quantitative estimate of drug-likeness (QED) is 0.345. The Bertz CT molecular complexity index is 1360. The van der Waals surface area contributed by atoms with E-state index in [2.05, 4.69) is 34.6 Å². The van der Waals surface area contributed by atoms with Crippen molar-refractivity contribution in [3.63, 3.8) is 0 Å². The molecule has 0 bridgehead atoms. The third-order valence-corrected chi connectivity index (χ3v) is 5.62. The first-order chi connectivity index (χ1) is 15.9. The first-order valence-electron chi connectivity index (χ1n) is 11.1. The monoisotopic (exact) mass is 442 g/mol. The van der Waals surface area contributed by atoms with Crippen LogP contribution in [0.5, 0.6) is 0 Å². The summed E-state index contributed by atoms with van der Waals surface area (Å²) < 4.78 is 12.6. The predicted molar refractivity (Wildman–Crippen MR) is 125 cm³/mol. The van der Waals surface area contributed by atoms with Crippen LogP contribution in [0.15, 0.2) is 47.1 Å². The molecule has 0 aliphatic rings. The average Bonchev–Trinajstić information content (AvgIpc) is 3.45. The van der Waals surface area contributed by atoms with Gasteiger partial charge in [-0.05, 0) is 63.4 Å². The number of fused-ring (bicyclic) bond motifs is 1. The number of esters is 1. The number of nitriles is 1. The molecule has 0 unspecified atom stereocenters. The lowest BCUT2D eigenvalue weighted by Gasteiger charge is -2.10. The number of benzene rings is 2. The van der Waals surface area contributed by atoms with Gasteiger partial charge in [-0.25, -0.2) is 0 Å². The summed E-state index contributed by atoms with van der Waals surface area (Å²) in [6, 6.07) is 14.2. The van der Waals surface area contributed by atoms with Crippen LogP contribution < -0.4 is 0 Å². The first-order valence-corrected chi connectivity index (χ1v) is 11.1. The van der Waals surface area contributed by atoms with Crippen LogP contribution in [-0.4, -0.2) is 27.3 Å². The normalized spacial score (nSPS) is 11.2. The van der Waals surface area contributed by atoms with Gasteiger partial charge in [-0.15, -0.1) is 0 Å². The molecular formula is C26H26N4O3. The van der Waals surface area contributed by atoms with Crippen molar-refractivity contribution in [2.45, 2.75) is 46.6 Å². The van der Waals surface area contributed by atoms with Crippen LogP contribution in [0, 0.1) is 18.3 Å². The fraction of sp³-hybridized carbons (Fsp3) is 0.308. The molecule has 0 aliphatic heterocycles. The van der Waals surface area contributed by atoms with Gasteiger partial charge in [0.05, 0.1) is 17.7 Å². The van der Waals surface area contributed by atoms with Gasteiger partial charge in [-0.3, -0.25) is 4.79 Å². The Balaban J connectivity index is 1.61. The van der Waals surface area contributed by atoms with Crippen molar-refractivity contribution in [1.29, 1.82) is 5.26 Å². The summed E-state index contributed by atoms with van der Waals surface area (Å²) in [4.78, 5) is 16.2. The Morgan fingerprint density at radius 3 is 2.76 bits per heavy atom. The van der Waals surface area contributed by atoms with Gasteiger partial charge in [-0.2, -0.15) is 10.2 Å². The number of aryl methyl sites for hydroxylation is 2. The van der Waals surface area contributed by atoms with Crippen LogP contribution in [-0.2, 0) is 16.0 Å². The Morgan fingerprint density at radius 2 is 2.06 bits per heavy atom. The first kappa shape index (κ1) is 22.3. The van der Waals surface area contributed by atoms with Gasteiger partial charge in [0.15, 0.2) is 0 Å². The zero-order valence-electron chi connectivity index (χ0n) is 19.3. The summed E-state index contributed by atoms with van der Waals surface area (Å²) in [6.45, 7) is 8.35. The van der Waals surface area contributed by atoms with E-state index < -0.39 is 0 Å². The van der Waals surface area contributed by atoms with E-state index in [-0.39, 0.29) is 12.0 Å². The second kappa shape index (κ2) is 9.29. The maximum absolute atomic E-state index is 11.6. The molecular weight excluding hydrogens is 416 g/mol. The lowest BCUT2D eigenvalue weighted by molar-refractivity contribution is -0.143. The summed E-state index contributed by atoms with van der Waals surface area (Å²) in [5, 5.41) is 14.9. The van der Waals surface area contributed by atoms with Gasteiger partial charge in [0.2, 0.25) is 5.82 Å². The minimum absolute atomic E-state index is 0.195. The molecule has 0 saturated carbocycles. The molecule has 33 heavy (non-hydrogen) atoms. The molecule has 0 aliphatic carbocycles. The van der Waals surface area contributed by atoms with E-state index in [1.54, 1.807) is 13.0 Å². The van der Waals surface area contributed by atoms with Crippen LogP contribution >= 0.6 is 0 Å². The van der Waals surface area contributed by atoms with Crippen LogP contribution in [0.3, 0.4) is 0 Å². The van der Waals surface area contributed by atoms with E-state index >= 15 is 0 Å². The Hall–Kier alpha value is -3.92. The third kappa shape index (κ3) is 4.51. The van der Waals surface area contributed by atoms with Crippen molar-refractivity contribution in [1.82, 2.24) is 14.7 Å². The molecule has 0 N–H and O–H groups in total. The molecule has 7 heteroatoms. The fourth-order valence-corrected chi connectivity index (χ4v) is 4.01. The van der Waals surface area contributed by atoms with Gasteiger partial charge in [-0.1, -0.05) is 23.4 Å². The summed E-state index contributed by atoms with van der Waals surface area (Å²) in [6.07, 6.45) is 2.96. The molecule has 4 rings (SSSR count). The summed E-state index contributed by atoms with van der Waals surface area (Å²) in [5.41, 5.74) is 5.09. The Kier molecular flexibility index (Phi) is 6.27. The smallest absolute Gasteiger partial charge is 0.306 e. The largest absolute Gasteiger partial charge is 0.466 e. The second-order valence-electron chi connectivity index (χ2n) is 8.27. The maximum Gasteiger partial charge on any atom is 0.306 e. The average molecular weight is 443 g/mol. The van der Waals surface area contributed by atoms with Gasteiger partial charge in [0, 0.05) is 35.2 Å². The predicted octanol–water partition coefficient (Wildman–Crippen LogP) is 5.62. The van der Waals surface area contributed by atoms with Gasteiger partial charge in [0.25, 0.3) is 5.89 Å². The number of aromatic nitrogens is 3. The topological polar surface area (TPSA) is 93.9 Å². The van der Waals surface area contributed by atoms with Crippen molar-refractivity contribution in [2.24, 2.45) is 0 Å². The molecule has 0 atom stereocenters. The van der Waals surface area contributed by atoms with Crippen LogP contribution in [0.4, 0.5) is 0 Å². The highest BCUT2D eigenvalue weighted by Gasteiger charge is 2.17. The third-order valence-electron chi connectivity index (χ3n) is 5.62. The number of nitrogens with zero attached hydrogens (tertiary/aromatic N) is 4. The van der Waals surface area contributed by atoms with E-state index in [4.69, 9.17) is 9.26 Å².